The van der Waals surface area contributed by atoms with Crippen molar-refractivity contribution in [3.8, 4) is 5.75 Å². The topological polar surface area (TPSA) is 59.6 Å². The van der Waals surface area contributed by atoms with Crippen LogP contribution < -0.4 is 15.4 Å². The van der Waals surface area contributed by atoms with Gasteiger partial charge >= 0.3 is 6.03 Å². The quantitative estimate of drug-likeness (QED) is 0.871. The molecule has 1 saturated heterocycles. The molecule has 3 rings (SSSR count). The van der Waals surface area contributed by atoms with Crippen LogP contribution in [0.25, 0.3) is 0 Å². The first-order valence-corrected chi connectivity index (χ1v) is 9.09. The number of hydrogen-bond acceptors (Lipinski definition) is 3. The number of rotatable bonds is 5. The van der Waals surface area contributed by atoms with Crippen molar-refractivity contribution in [2.45, 2.75) is 57.2 Å². The Morgan fingerprint density at radius 2 is 1.92 bits per heavy atom. The van der Waals surface area contributed by atoms with Crippen molar-refractivity contribution < 1.29 is 14.3 Å². The number of para-hydroxylation sites is 1. The smallest absolute Gasteiger partial charge is 0.315 e. The van der Waals surface area contributed by atoms with Crippen molar-refractivity contribution in [1.29, 1.82) is 0 Å². The minimum absolute atomic E-state index is 0.0523. The molecule has 0 spiro atoms. The van der Waals surface area contributed by atoms with Crippen molar-refractivity contribution in [3.05, 3.63) is 30.3 Å². The molecule has 1 aromatic carbocycles. The van der Waals surface area contributed by atoms with E-state index in [1.54, 1.807) is 0 Å². The Morgan fingerprint density at radius 1 is 1.17 bits per heavy atom. The van der Waals surface area contributed by atoms with E-state index in [2.05, 4.69) is 17.6 Å². The lowest BCUT2D eigenvalue weighted by molar-refractivity contribution is 0.0569. The molecule has 2 N–H and O–H groups in total. The number of carbonyl (C=O) groups is 1. The van der Waals surface area contributed by atoms with Gasteiger partial charge in [0, 0.05) is 19.3 Å². The monoisotopic (exact) mass is 332 g/mol. The summed E-state index contributed by atoms with van der Waals surface area (Å²) in [4.78, 5) is 12.3. The van der Waals surface area contributed by atoms with E-state index >= 15 is 0 Å². The fraction of sp³-hybridized carbons (Fsp3) is 0.632. The predicted molar refractivity (Wildman–Crippen MR) is 93.2 cm³/mol. The van der Waals surface area contributed by atoms with Gasteiger partial charge in [-0.3, -0.25) is 0 Å². The second-order valence-electron chi connectivity index (χ2n) is 6.86. The molecule has 1 aliphatic heterocycles. The van der Waals surface area contributed by atoms with E-state index in [0.717, 1.165) is 51.1 Å². The number of hydrogen-bond donors (Lipinski definition) is 2. The van der Waals surface area contributed by atoms with E-state index in [1.165, 1.54) is 0 Å². The molecule has 5 heteroatoms. The van der Waals surface area contributed by atoms with Crippen LogP contribution in [0.5, 0.6) is 5.75 Å². The number of nitrogens with one attached hydrogen (secondary N) is 2. The third kappa shape index (κ3) is 4.63. The van der Waals surface area contributed by atoms with Crippen LogP contribution in [-0.4, -0.2) is 37.4 Å². The summed E-state index contributed by atoms with van der Waals surface area (Å²) in [5.74, 6) is 1.37. The molecule has 2 fully saturated rings. The molecule has 1 saturated carbocycles. The van der Waals surface area contributed by atoms with Crippen LogP contribution >= 0.6 is 0 Å². The molecule has 3 atom stereocenters. The Morgan fingerprint density at radius 3 is 2.67 bits per heavy atom. The van der Waals surface area contributed by atoms with Crippen LogP contribution in [0, 0.1) is 5.92 Å². The normalized spacial score (nSPS) is 25.9. The lowest BCUT2D eigenvalue weighted by Crippen LogP contribution is -2.51. The minimum Gasteiger partial charge on any atom is -0.488 e. The van der Waals surface area contributed by atoms with E-state index < -0.39 is 0 Å². The first kappa shape index (κ1) is 17.1. The van der Waals surface area contributed by atoms with Crippen LogP contribution in [0.4, 0.5) is 4.79 Å². The number of benzene rings is 1. The third-order valence-electron chi connectivity index (χ3n) is 5.13. The van der Waals surface area contributed by atoms with Crippen molar-refractivity contribution in [1.82, 2.24) is 10.6 Å². The minimum atomic E-state index is -0.0810. The molecule has 5 nitrogen and oxygen atoms in total. The summed E-state index contributed by atoms with van der Waals surface area (Å²) in [6.07, 6.45) is 5.12. The maximum Gasteiger partial charge on any atom is 0.315 e. The molecule has 2 aliphatic rings. The second-order valence-corrected chi connectivity index (χ2v) is 6.86. The first-order chi connectivity index (χ1) is 11.7. The predicted octanol–water partition coefficient (Wildman–Crippen LogP) is 3.10. The summed E-state index contributed by atoms with van der Waals surface area (Å²) in [5.41, 5.74) is 0. The van der Waals surface area contributed by atoms with Gasteiger partial charge in [0.25, 0.3) is 0 Å². The van der Waals surface area contributed by atoms with Crippen molar-refractivity contribution in [3.63, 3.8) is 0 Å². The standard InChI is InChI=1S/C19H28N2O3/c1-14(15-10-12-23-13-11-15)20-19(22)21-17-8-5-9-18(17)24-16-6-3-2-4-7-16/h2-4,6-7,14-15,17-18H,5,8-13H2,1H3,(H2,20,21,22). The van der Waals surface area contributed by atoms with Gasteiger partial charge in [0.15, 0.2) is 0 Å². The SMILES string of the molecule is CC(NC(=O)NC1CCCC1Oc1ccccc1)C1CCOCC1. The molecule has 0 bridgehead atoms. The Hall–Kier alpha value is -1.75. The molecule has 1 aromatic rings. The lowest BCUT2D eigenvalue weighted by atomic mass is 9.93. The highest BCUT2D eigenvalue weighted by atomic mass is 16.5. The highest BCUT2D eigenvalue weighted by molar-refractivity contribution is 5.74. The van der Waals surface area contributed by atoms with Crippen molar-refractivity contribution in [2.75, 3.05) is 13.2 Å². The second kappa shape index (κ2) is 8.38. The van der Waals surface area contributed by atoms with Crippen LogP contribution in [0.1, 0.15) is 39.0 Å². The van der Waals surface area contributed by atoms with E-state index in [4.69, 9.17) is 9.47 Å². The molecule has 132 valence electrons. The number of ether oxygens (including phenoxy) is 2. The van der Waals surface area contributed by atoms with Crippen LogP contribution in [-0.2, 0) is 4.74 Å². The van der Waals surface area contributed by atoms with Gasteiger partial charge in [-0.15, -0.1) is 0 Å². The summed E-state index contributed by atoms with van der Waals surface area (Å²) in [6, 6.07) is 10.00. The summed E-state index contributed by atoms with van der Waals surface area (Å²) in [6.45, 7) is 3.68. The Bertz CT molecular complexity index is 517. The molecule has 3 unspecified atom stereocenters. The highest BCUT2D eigenvalue weighted by Crippen LogP contribution is 2.25. The maximum atomic E-state index is 12.3. The molecular formula is C19H28N2O3. The molecule has 0 radical (unpaired) electrons. The number of carbonyl (C=O) groups excluding carboxylic acids is 1. The molecule has 2 amide bonds. The fourth-order valence-electron chi connectivity index (χ4n) is 3.66. The van der Waals surface area contributed by atoms with Gasteiger partial charge < -0.3 is 20.1 Å². The molecule has 1 heterocycles. The highest BCUT2D eigenvalue weighted by Gasteiger charge is 2.31. The Labute approximate surface area is 144 Å². The first-order valence-electron chi connectivity index (χ1n) is 9.09. The largest absolute Gasteiger partial charge is 0.488 e. The molecule has 24 heavy (non-hydrogen) atoms. The van der Waals surface area contributed by atoms with E-state index in [-0.39, 0.29) is 24.2 Å². The average Bonchev–Trinajstić information content (AvgIpc) is 3.03. The van der Waals surface area contributed by atoms with Gasteiger partial charge in [-0.25, -0.2) is 4.79 Å². The average molecular weight is 332 g/mol. The van der Waals surface area contributed by atoms with Crippen molar-refractivity contribution in [2.24, 2.45) is 5.92 Å². The van der Waals surface area contributed by atoms with Gasteiger partial charge in [0.05, 0.1) is 6.04 Å². The summed E-state index contributed by atoms with van der Waals surface area (Å²) in [7, 11) is 0. The zero-order valence-electron chi connectivity index (χ0n) is 14.4. The van der Waals surface area contributed by atoms with E-state index in [1.807, 2.05) is 30.3 Å². The van der Waals surface area contributed by atoms with Crippen molar-refractivity contribution >= 4 is 6.03 Å². The fourth-order valence-corrected chi connectivity index (χ4v) is 3.66. The Balaban J connectivity index is 1.47. The zero-order chi connectivity index (χ0) is 16.8. The third-order valence-corrected chi connectivity index (χ3v) is 5.13. The number of amides is 2. The summed E-state index contributed by atoms with van der Waals surface area (Å²) in [5, 5.41) is 6.21. The van der Waals surface area contributed by atoms with E-state index in [0.29, 0.717) is 5.92 Å². The van der Waals surface area contributed by atoms with Gasteiger partial charge in [0.1, 0.15) is 11.9 Å². The van der Waals surface area contributed by atoms with E-state index in [9.17, 15) is 4.79 Å². The lowest BCUT2D eigenvalue weighted by Gasteiger charge is -2.29. The molecular weight excluding hydrogens is 304 g/mol. The van der Waals surface area contributed by atoms with Crippen LogP contribution in [0.2, 0.25) is 0 Å². The van der Waals surface area contributed by atoms with Gasteiger partial charge in [-0.05, 0) is 57.1 Å². The zero-order valence-corrected chi connectivity index (χ0v) is 14.4. The van der Waals surface area contributed by atoms with Gasteiger partial charge in [-0.2, -0.15) is 0 Å². The molecule has 1 aliphatic carbocycles. The van der Waals surface area contributed by atoms with Gasteiger partial charge in [-0.1, -0.05) is 18.2 Å². The maximum absolute atomic E-state index is 12.3. The Kier molecular flexibility index (Phi) is 5.96. The molecule has 0 aromatic heterocycles. The number of urea groups is 1. The summed E-state index contributed by atoms with van der Waals surface area (Å²) >= 11 is 0. The van der Waals surface area contributed by atoms with Gasteiger partial charge in [0.2, 0.25) is 0 Å². The van der Waals surface area contributed by atoms with Crippen LogP contribution in [0.3, 0.4) is 0 Å². The van der Waals surface area contributed by atoms with Crippen LogP contribution in [0.15, 0.2) is 30.3 Å². The summed E-state index contributed by atoms with van der Waals surface area (Å²) < 4.78 is 11.4.